The SMILES string of the molecule is CC(C)c1ccnc(NS(=O)(=O)C(F)(F)F)c1. The van der Waals surface area contributed by atoms with E-state index in [0.717, 1.165) is 0 Å². The molecule has 0 saturated carbocycles. The van der Waals surface area contributed by atoms with Gasteiger partial charge in [-0.1, -0.05) is 13.8 Å². The summed E-state index contributed by atoms with van der Waals surface area (Å²) in [5.41, 5.74) is -4.65. The Bertz CT molecular complexity index is 497. The van der Waals surface area contributed by atoms with Crippen LogP contribution in [0.25, 0.3) is 0 Å². The number of halogens is 3. The third kappa shape index (κ3) is 3.32. The van der Waals surface area contributed by atoms with Crippen molar-refractivity contribution in [2.24, 2.45) is 0 Å². The maximum Gasteiger partial charge on any atom is 0.516 e. The third-order valence-electron chi connectivity index (χ3n) is 1.99. The molecular weight excluding hydrogens is 257 g/mol. The van der Waals surface area contributed by atoms with Gasteiger partial charge < -0.3 is 0 Å². The molecule has 0 aliphatic heterocycles. The lowest BCUT2D eigenvalue weighted by Gasteiger charge is -2.11. The highest BCUT2D eigenvalue weighted by molar-refractivity contribution is 7.93. The third-order valence-corrected chi connectivity index (χ3v) is 3.08. The molecule has 0 aromatic carbocycles. The van der Waals surface area contributed by atoms with Gasteiger partial charge in [0.1, 0.15) is 5.82 Å². The molecule has 1 aromatic rings. The molecule has 0 amide bonds. The highest BCUT2D eigenvalue weighted by Gasteiger charge is 2.46. The molecule has 1 rings (SSSR count). The van der Waals surface area contributed by atoms with Gasteiger partial charge in [-0.15, -0.1) is 0 Å². The molecule has 0 radical (unpaired) electrons. The number of anilines is 1. The zero-order valence-electron chi connectivity index (χ0n) is 9.12. The van der Waals surface area contributed by atoms with E-state index in [4.69, 9.17) is 0 Å². The van der Waals surface area contributed by atoms with E-state index in [9.17, 15) is 21.6 Å². The molecule has 0 bridgehead atoms. The van der Waals surface area contributed by atoms with E-state index in [0.29, 0.717) is 5.56 Å². The Hall–Kier alpha value is -1.31. The molecule has 4 nitrogen and oxygen atoms in total. The van der Waals surface area contributed by atoms with Crippen LogP contribution in [0.3, 0.4) is 0 Å². The number of rotatable bonds is 3. The number of nitrogens with zero attached hydrogens (tertiary/aromatic N) is 1. The zero-order chi connectivity index (χ0) is 13.3. The lowest BCUT2D eigenvalue weighted by atomic mass is 10.1. The van der Waals surface area contributed by atoms with Crippen molar-refractivity contribution in [2.45, 2.75) is 25.3 Å². The number of nitrogens with one attached hydrogen (secondary N) is 1. The first-order chi connectivity index (χ1) is 7.63. The summed E-state index contributed by atoms with van der Waals surface area (Å²) in [6.07, 6.45) is 1.25. The van der Waals surface area contributed by atoms with Crippen molar-refractivity contribution >= 4 is 15.8 Å². The van der Waals surface area contributed by atoms with Crippen molar-refractivity contribution in [1.82, 2.24) is 4.98 Å². The van der Waals surface area contributed by atoms with Gasteiger partial charge in [-0.05, 0) is 23.6 Å². The van der Waals surface area contributed by atoms with Crippen LogP contribution in [-0.2, 0) is 10.0 Å². The molecule has 0 spiro atoms. The van der Waals surface area contributed by atoms with Crippen LogP contribution in [0.1, 0.15) is 25.3 Å². The van der Waals surface area contributed by atoms with Crippen LogP contribution in [0.4, 0.5) is 19.0 Å². The van der Waals surface area contributed by atoms with Gasteiger partial charge in [-0.3, -0.25) is 4.72 Å². The molecule has 0 unspecified atom stereocenters. The largest absolute Gasteiger partial charge is 0.516 e. The Balaban J connectivity index is 3.01. The van der Waals surface area contributed by atoms with E-state index < -0.39 is 15.5 Å². The van der Waals surface area contributed by atoms with Crippen molar-refractivity contribution in [3.8, 4) is 0 Å². The van der Waals surface area contributed by atoms with Crippen LogP contribution < -0.4 is 4.72 Å². The molecule has 17 heavy (non-hydrogen) atoms. The monoisotopic (exact) mass is 268 g/mol. The number of alkyl halides is 3. The summed E-state index contributed by atoms with van der Waals surface area (Å²) in [5.74, 6) is -0.277. The van der Waals surface area contributed by atoms with E-state index in [1.165, 1.54) is 17.0 Å². The predicted octanol–water partition coefficient (Wildman–Crippen LogP) is 2.47. The summed E-state index contributed by atoms with van der Waals surface area (Å²) in [6.45, 7) is 3.66. The molecule has 0 fully saturated rings. The Morgan fingerprint density at radius 3 is 2.41 bits per heavy atom. The van der Waals surface area contributed by atoms with E-state index in [1.807, 2.05) is 13.8 Å². The fourth-order valence-corrected chi connectivity index (χ4v) is 1.56. The first-order valence-corrected chi connectivity index (χ1v) is 6.17. The van der Waals surface area contributed by atoms with Gasteiger partial charge in [-0.25, -0.2) is 4.98 Å². The lowest BCUT2D eigenvalue weighted by molar-refractivity contribution is -0.0429. The molecule has 1 heterocycles. The van der Waals surface area contributed by atoms with E-state index >= 15 is 0 Å². The van der Waals surface area contributed by atoms with Gasteiger partial charge in [0, 0.05) is 6.20 Å². The maximum atomic E-state index is 12.1. The van der Waals surface area contributed by atoms with Crippen LogP contribution in [-0.4, -0.2) is 18.9 Å². The average molecular weight is 268 g/mol. The Kier molecular flexibility index (Phi) is 3.65. The van der Waals surface area contributed by atoms with Crippen molar-refractivity contribution in [3.05, 3.63) is 23.9 Å². The summed E-state index contributed by atoms with van der Waals surface area (Å²) in [5, 5.41) is 0. The van der Waals surface area contributed by atoms with Crippen LogP contribution in [0.2, 0.25) is 0 Å². The minimum Gasteiger partial charge on any atom is -0.260 e. The van der Waals surface area contributed by atoms with Gasteiger partial charge in [-0.2, -0.15) is 21.6 Å². The second kappa shape index (κ2) is 4.52. The Morgan fingerprint density at radius 2 is 1.94 bits per heavy atom. The number of hydrogen-bond acceptors (Lipinski definition) is 3. The molecule has 8 heteroatoms. The quantitative estimate of drug-likeness (QED) is 0.916. The van der Waals surface area contributed by atoms with E-state index in [1.54, 1.807) is 6.07 Å². The highest BCUT2D eigenvalue weighted by Crippen LogP contribution is 2.25. The Morgan fingerprint density at radius 1 is 1.35 bits per heavy atom. The minimum absolute atomic E-state index is 0.0622. The fraction of sp³-hybridized carbons (Fsp3) is 0.444. The van der Waals surface area contributed by atoms with Gasteiger partial charge in [0.05, 0.1) is 0 Å². The Labute approximate surface area is 96.9 Å². The summed E-state index contributed by atoms with van der Waals surface area (Å²) in [7, 11) is -5.41. The van der Waals surface area contributed by atoms with Crippen molar-refractivity contribution in [2.75, 3.05) is 4.72 Å². The predicted molar refractivity (Wildman–Crippen MR) is 56.9 cm³/mol. The fourth-order valence-electron chi connectivity index (χ4n) is 1.06. The van der Waals surface area contributed by atoms with Gasteiger partial charge in [0.2, 0.25) is 0 Å². The van der Waals surface area contributed by atoms with Gasteiger partial charge >= 0.3 is 15.5 Å². The molecule has 96 valence electrons. The van der Waals surface area contributed by atoms with Crippen molar-refractivity contribution in [1.29, 1.82) is 0 Å². The summed E-state index contributed by atoms with van der Waals surface area (Å²) < 4.78 is 59.3. The normalized spacial score (nSPS) is 12.8. The number of aromatic nitrogens is 1. The molecule has 0 atom stereocenters. The number of pyridine rings is 1. The van der Waals surface area contributed by atoms with Crippen LogP contribution in [0.5, 0.6) is 0 Å². The highest BCUT2D eigenvalue weighted by atomic mass is 32.2. The molecular formula is C9H11F3N2O2S. The molecule has 0 aliphatic rings. The zero-order valence-corrected chi connectivity index (χ0v) is 9.93. The molecule has 0 saturated heterocycles. The van der Waals surface area contributed by atoms with Crippen LogP contribution >= 0.6 is 0 Å². The number of hydrogen-bond donors (Lipinski definition) is 1. The second-order valence-electron chi connectivity index (χ2n) is 3.68. The molecule has 0 aliphatic carbocycles. The van der Waals surface area contributed by atoms with E-state index in [-0.39, 0.29) is 11.7 Å². The minimum atomic E-state index is -5.41. The second-order valence-corrected chi connectivity index (χ2v) is 5.35. The first kappa shape index (κ1) is 13.8. The van der Waals surface area contributed by atoms with Crippen LogP contribution in [0, 0.1) is 0 Å². The van der Waals surface area contributed by atoms with Crippen LogP contribution in [0.15, 0.2) is 18.3 Å². The average Bonchev–Trinajstić information content (AvgIpc) is 2.15. The lowest BCUT2D eigenvalue weighted by Crippen LogP contribution is -2.30. The topological polar surface area (TPSA) is 59.1 Å². The summed E-state index contributed by atoms with van der Waals surface area (Å²) in [6, 6.07) is 2.88. The molecule has 1 aromatic heterocycles. The van der Waals surface area contributed by atoms with Gasteiger partial charge in [0.25, 0.3) is 0 Å². The van der Waals surface area contributed by atoms with Crippen molar-refractivity contribution in [3.63, 3.8) is 0 Å². The van der Waals surface area contributed by atoms with E-state index in [2.05, 4.69) is 4.98 Å². The van der Waals surface area contributed by atoms with Gasteiger partial charge in [0.15, 0.2) is 0 Å². The summed E-state index contributed by atoms with van der Waals surface area (Å²) >= 11 is 0. The standard InChI is InChI=1S/C9H11F3N2O2S/c1-6(2)7-3-4-13-8(5-7)14-17(15,16)9(10,11)12/h3-6H,1-2H3,(H,13,14). The first-order valence-electron chi connectivity index (χ1n) is 4.68. The number of sulfonamides is 1. The smallest absolute Gasteiger partial charge is 0.260 e. The van der Waals surface area contributed by atoms with Crippen molar-refractivity contribution < 1.29 is 21.6 Å². The molecule has 1 N–H and O–H groups in total. The maximum absolute atomic E-state index is 12.1. The summed E-state index contributed by atoms with van der Waals surface area (Å²) in [4.78, 5) is 3.53.